The molecule has 6 N–H and O–H groups in total. The van der Waals surface area contributed by atoms with Crippen LogP contribution in [0.2, 0.25) is 0 Å². The SMILES string of the molecule is O=P(O)(O)CCC[n+]1ccc(-c2ccc(-c3nc(-c4ccc(-c5cc[n+](CCCP(=O)(O)O)cc5)cc4)nc(-c4cc[n+](CCCP(=O)(O)O)cc4)n3)cc2)cc1. The van der Waals surface area contributed by atoms with Gasteiger partial charge >= 0.3 is 22.8 Å². The van der Waals surface area contributed by atoms with Crippen LogP contribution >= 0.6 is 22.8 Å². The van der Waals surface area contributed by atoms with E-state index >= 15 is 0 Å². The molecule has 57 heavy (non-hydrogen) atoms. The minimum Gasteiger partial charge on any atom is -0.324 e. The average Bonchev–Trinajstić information content (AvgIpc) is 3.17. The first-order chi connectivity index (χ1) is 27.1. The molecule has 4 heterocycles. The van der Waals surface area contributed by atoms with Gasteiger partial charge in [-0.05, 0) is 22.3 Å². The maximum Gasteiger partial charge on any atom is 0.325 e. The minimum absolute atomic E-state index is 0.163. The zero-order valence-electron chi connectivity index (χ0n) is 30.8. The molecule has 0 radical (unpaired) electrons. The van der Waals surface area contributed by atoms with E-state index in [1.165, 1.54) is 0 Å². The molecule has 15 nitrogen and oxygen atoms in total. The molecule has 0 amide bonds. The molecule has 0 aliphatic heterocycles. The fourth-order valence-electron chi connectivity index (χ4n) is 6.12. The third kappa shape index (κ3) is 12.9. The van der Waals surface area contributed by atoms with Crippen molar-refractivity contribution in [3.8, 4) is 56.4 Å². The van der Waals surface area contributed by atoms with Crippen LogP contribution in [0.4, 0.5) is 0 Å². The van der Waals surface area contributed by atoms with Gasteiger partial charge in [0.05, 0.1) is 18.5 Å². The van der Waals surface area contributed by atoms with Crippen LogP contribution in [0.5, 0.6) is 0 Å². The van der Waals surface area contributed by atoms with Gasteiger partial charge in [0.1, 0.15) is 19.6 Å². The van der Waals surface area contributed by atoms with E-state index < -0.39 is 22.8 Å². The number of nitrogens with zero attached hydrogens (tertiary/aromatic N) is 6. The molecule has 0 saturated carbocycles. The number of hydrogen-bond acceptors (Lipinski definition) is 6. The summed E-state index contributed by atoms with van der Waals surface area (Å²) in [5.41, 5.74) is 6.13. The molecule has 18 heteroatoms. The second kappa shape index (κ2) is 18.3. The van der Waals surface area contributed by atoms with Gasteiger partial charge in [-0.25, -0.2) is 28.7 Å². The van der Waals surface area contributed by atoms with Gasteiger partial charge in [0, 0.05) is 72.4 Å². The second-order valence-electron chi connectivity index (χ2n) is 13.7. The van der Waals surface area contributed by atoms with Crippen molar-refractivity contribution in [3.63, 3.8) is 0 Å². The first kappa shape index (κ1) is 42.0. The number of benzene rings is 2. The summed E-state index contributed by atoms with van der Waals surface area (Å²) in [6, 6.07) is 27.2. The number of aryl methyl sites for hydroxylation is 3. The average molecular weight is 834 g/mol. The van der Waals surface area contributed by atoms with E-state index in [0.29, 0.717) is 56.4 Å². The number of pyridine rings is 3. The first-order valence-corrected chi connectivity index (χ1v) is 23.6. The lowest BCUT2D eigenvalue weighted by atomic mass is 10.0. The zero-order chi connectivity index (χ0) is 40.6. The van der Waals surface area contributed by atoms with Crippen LogP contribution in [0, 0.1) is 0 Å². The Morgan fingerprint density at radius 3 is 0.825 bits per heavy atom. The molecular formula is C39H44N6O9P3+3. The Labute approximate surface area is 329 Å². The fraction of sp³-hybridized carbons (Fsp3) is 0.231. The number of aromatic nitrogens is 6. The van der Waals surface area contributed by atoms with Crippen LogP contribution < -0.4 is 13.7 Å². The van der Waals surface area contributed by atoms with Crippen molar-refractivity contribution >= 4 is 22.8 Å². The molecule has 296 valence electrons. The van der Waals surface area contributed by atoms with Crippen molar-refractivity contribution in [1.82, 2.24) is 15.0 Å². The molecule has 0 aliphatic carbocycles. The largest absolute Gasteiger partial charge is 0.325 e. The van der Waals surface area contributed by atoms with Crippen LogP contribution in [0.3, 0.4) is 0 Å². The van der Waals surface area contributed by atoms with E-state index in [9.17, 15) is 23.5 Å². The van der Waals surface area contributed by atoms with Crippen molar-refractivity contribution in [1.29, 1.82) is 0 Å². The lowest BCUT2D eigenvalue weighted by Gasteiger charge is -2.10. The predicted molar refractivity (Wildman–Crippen MR) is 212 cm³/mol. The molecule has 2 aromatic carbocycles. The molecule has 6 rings (SSSR count). The summed E-state index contributed by atoms with van der Waals surface area (Å²) >= 11 is 0. The molecular weight excluding hydrogens is 789 g/mol. The fourth-order valence-corrected chi connectivity index (χ4v) is 7.78. The molecule has 4 aromatic heterocycles. The lowest BCUT2D eigenvalue weighted by Crippen LogP contribution is -2.32. The Kier molecular flexibility index (Phi) is 13.5. The van der Waals surface area contributed by atoms with Crippen molar-refractivity contribution < 1.29 is 56.8 Å². The Morgan fingerprint density at radius 2 is 0.561 bits per heavy atom. The van der Waals surface area contributed by atoms with Crippen LogP contribution in [0.1, 0.15) is 19.3 Å². The molecule has 0 aliphatic rings. The molecule has 0 fully saturated rings. The van der Waals surface area contributed by atoms with Crippen molar-refractivity contribution in [2.75, 3.05) is 18.5 Å². The highest BCUT2D eigenvalue weighted by molar-refractivity contribution is 7.52. The third-order valence-electron chi connectivity index (χ3n) is 9.12. The molecule has 0 spiro atoms. The highest BCUT2D eigenvalue weighted by Crippen LogP contribution is 2.36. The second-order valence-corrected chi connectivity index (χ2v) is 19.0. The summed E-state index contributed by atoms with van der Waals surface area (Å²) in [6.07, 6.45) is 11.7. The Hall–Kier alpha value is -4.65. The lowest BCUT2D eigenvalue weighted by molar-refractivity contribution is -0.696. The summed E-state index contributed by atoms with van der Waals surface area (Å²) in [5.74, 6) is 1.38. The van der Waals surface area contributed by atoms with Gasteiger partial charge in [0.15, 0.2) is 54.7 Å². The minimum atomic E-state index is -4.08. The molecule has 6 aromatic rings. The predicted octanol–water partition coefficient (Wildman–Crippen LogP) is 4.77. The van der Waals surface area contributed by atoms with Gasteiger partial charge in [-0.1, -0.05) is 48.5 Å². The van der Waals surface area contributed by atoms with E-state index in [2.05, 4.69) is 0 Å². The van der Waals surface area contributed by atoms with Gasteiger partial charge in [0.25, 0.3) is 0 Å². The normalized spacial score (nSPS) is 12.2. The quantitative estimate of drug-likeness (QED) is 0.0540. The smallest absolute Gasteiger partial charge is 0.324 e. The van der Waals surface area contributed by atoms with Crippen LogP contribution in [-0.4, -0.2) is 62.8 Å². The topological polar surface area (TPSA) is 223 Å². The third-order valence-corrected chi connectivity index (χ3v) is 11.8. The molecule has 0 bridgehead atoms. The molecule has 0 unspecified atom stereocenters. The molecule has 0 saturated heterocycles. The highest BCUT2D eigenvalue weighted by Gasteiger charge is 2.18. The number of hydrogen-bond donors (Lipinski definition) is 6. The Morgan fingerprint density at radius 1 is 0.351 bits per heavy atom. The van der Waals surface area contributed by atoms with Crippen molar-refractivity contribution in [2.24, 2.45) is 0 Å². The van der Waals surface area contributed by atoms with Crippen LogP contribution in [-0.2, 0) is 33.3 Å². The van der Waals surface area contributed by atoms with Gasteiger partial charge in [-0.2, -0.15) is 0 Å². The van der Waals surface area contributed by atoms with E-state index in [1.807, 2.05) is 136 Å². The van der Waals surface area contributed by atoms with Gasteiger partial charge in [-0.3, -0.25) is 13.7 Å². The Bertz CT molecular complexity index is 2290. The van der Waals surface area contributed by atoms with Crippen molar-refractivity contribution in [2.45, 2.75) is 38.9 Å². The zero-order valence-corrected chi connectivity index (χ0v) is 33.5. The summed E-state index contributed by atoms with van der Waals surface area (Å²) in [4.78, 5) is 69.6. The maximum absolute atomic E-state index is 11.3. The monoisotopic (exact) mass is 833 g/mol. The van der Waals surface area contributed by atoms with Gasteiger partial charge in [0.2, 0.25) is 0 Å². The van der Waals surface area contributed by atoms with Crippen molar-refractivity contribution in [3.05, 3.63) is 122 Å². The Balaban J connectivity index is 1.24. The summed E-state index contributed by atoms with van der Waals surface area (Å²) in [5, 5.41) is 0. The maximum atomic E-state index is 11.3. The van der Waals surface area contributed by atoms with Gasteiger partial charge in [-0.15, -0.1) is 0 Å². The first-order valence-electron chi connectivity index (χ1n) is 18.2. The van der Waals surface area contributed by atoms with Crippen LogP contribution in [0.15, 0.2) is 122 Å². The standard InChI is InChI=1S/C39H41N6O9P3/c46-55(47,48)27-1-18-43-21-12-32(13-22-43)30-4-8-34(9-5-30)37-40-38(42-39(41-37)36-16-25-45(26-17-36)20-3-29-57(52,53)54)35-10-6-31(7-11-35)33-14-23-44(24-15-33)19-2-28-56(49,50)51/h4-17,21-26H,1-3,18-20,27-29H2,(H3-3,46,47,48,49,50,51,52,53,54)/p+3. The molecule has 0 atom stereocenters. The van der Waals surface area contributed by atoms with E-state index in [0.717, 1.165) is 38.9 Å². The summed E-state index contributed by atoms with van der Waals surface area (Å²) < 4.78 is 39.3. The number of rotatable bonds is 17. The van der Waals surface area contributed by atoms with E-state index in [4.69, 9.17) is 34.5 Å². The highest BCUT2D eigenvalue weighted by atomic mass is 31.2. The van der Waals surface area contributed by atoms with Crippen LogP contribution in [0.25, 0.3) is 56.4 Å². The van der Waals surface area contributed by atoms with E-state index in [1.54, 1.807) is 0 Å². The summed E-state index contributed by atoms with van der Waals surface area (Å²) in [7, 11) is -12.1. The summed E-state index contributed by atoms with van der Waals surface area (Å²) in [6.45, 7) is 1.42. The van der Waals surface area contributed by atoms with Gasteiger partial charge < -0.3 is 29.4 Å². The van der Waals surface area contributed by atoms with E-state index in [-0.39, 0.29) is 18.5 Å².